The Labute approximate surface area is 205 Å². The third-order valence-electron chi connectivity index (χ3n) is 4.41. The fourth-order valence-electron chi connectivity index (χ4n) is 2.79. The molecule has 0 bridgehead atoms. The van der Waals surface area contributed by atoms with Crippen molar-refractivity contribution >= 4 is 39.9 Å². The van der Waals surface area contributed by atoms with Crippen molar-refractivity contribution in [2.45, 2.75) is 6.92 Å². The standard InChI is InChI=1S/C25H22BrN3O5/c1-2-33-21-11-8-17(9-12-21)24(31)27-16-23(30)29-28-15-19-14-20(26)10-13-22(19)34-25(32)18-6-4-3-5-7-18/h3-15H,2,16H2,1H3,(H,27,31)(H,29,30)/b28-15+. The predicted octanol–water partition coefficient (Wildman–Crippen LogP) is 3.95. The fourth-order valence-corrected chi connectivity index (χ4v) is 3.17. The van der Waals surface area contributed by atoms with Crippen LogP contribution in [0, 0.1) is 0 Å². The first kappa shape index (κ1) is 24.7. The Morgan fingerprint density at radius 1 is 0.971 bits per heavy atom. The highest BCUT2D eigenvalue weighted by Gasteiger charge is 2.12. The number of esters is 1. The van der Waals surface area contributed by atoms with Crippen molar-refractivity contribution in [3.8, 4) is 11.5 Å². The molecule has 0 aliphatic carbocycles. The highest BCUT2D eigenvalue weighted by atomic mass is 79.9. The summed E-state index contributed by atoms with van der Waals surface area (Å²) in [5.74, 6) is -0.498. The molecule has 0 saturated carbocycles. The summed E-state index contributed by atoms with van der Waals surface area (Å²) in [6, 6.07) is 20.2. The van der Waals surface area contributed by atoms with Crippen LogP contribution in [-0.4, -0.2) is 37.1 Å². The summed E-state index contributed by atoms with van der Waals surface area (Å²) in [6.45, 7) is 2.14. The molecule has 3 rings (SSSR count). The molecule has 0 unspecified atom stereocenters. The highest BCUT2D eigenvalue weighted by Crippen LogP contribution is 2.23. The molecule has 3 aromatic rings. The van der Waals surface area contributed by atoms with Crippen molar-refractivity contribution in [1.29, 1.82) is 0 Å². The van der Waals surface area contributed by atoms with Crippen molar-refractivity contribution in [2.75, 3.05) is 13.2 Å². The van der Waals surface area contributed by atoms with Crippen LogP contribution in [0.3, 0.4) is 0 Å². The van der Waals surface area contributed by atoms with E-state index in [1.165, 1.54) is 6.21 Å². The summed E-state index contributed by atoms with van der Waals surface area (Å²) in [6.07, 6.45) is 1.35. The van der Waals surface area contributed by atoms with Crippen LogP contribution in [0.2, 0.25) is 0 Å². The fraction of sp³-hybridized carbons (Fsp3) is 0.120. The van der Waals surface area contributed by atoms with Crippen LogP contribution in [-0.2, 0) is 4.79 Å². The number of nitrogens with one attached hydrogen (secondary N) is 2. The number of nitrogens with zero attached hydrogens (tertiary/aromatic N) is 1. The SMILES string of the molecule is CCOc1ccc(C(=O)NCC(=O)N/N=C/c2cc(Br)ccc2OC(=O)c2ccccc2)cc1. The number of ether oxygens (including phenoxy) is 2. The van der Waals surface area contributed by atoms with E-state index in [2.05, 4.69) is 31.8 Å². The van der Waals surface area contributed by atoms with E-state index in [1.54, 1.807) is 72.8 Å². The predicted molar refractivity (Wildman–Crippen MR) is 131 cm³/mol. The molecule has 0 saturated heterocycles. The zero-order valence-corrected chi connectivity index (χ0v) is 19.9. The lowest BCUT2D eigenvalue weighted by Crippen LogP contribution is -2.34. The van der Waals surface area contributed by atoms with Crippen LogP contribution in [0.25, 0.3) is 0 Å². The molecular formula is C25H22BrN3O5. The quantitative estimate of drug-likeness (QED) is 0.191. The first-order valence-corrected chi connectivity index (χ1v) is 11.2. The van der Waals surface area contributed by atoms with Gasteiger partial charge in [-0.3, -0.25) is 9.59 Å². The molecule has 0 aliphatic rings. The molecule has 8 nitrogen and oxygen atoms in total. The third kappa shape index (κ3) is 7.28. The van der Waals surface area contributed by atoms with Crippen molar-refractivity contribution in [2.24, 2.45) is 5.10 Å². The first-order chi connectivity index (χ1) is 16.5. The Kier molecular flexibility index (Phi) is 8.93. The zero-order valence-electron chi connectivity index (χ0n) is 18.3. The van der Waals surface area contributed by atoms with Gasteiger partial charge in [-0.25, -0.2) is 10.2 Å². The first-order valence-electron chi connectivity index (χ1n) is 10.4. The molecule has 0 heterocycles. The van der Waals surface area contributed by atoms with Gasteiger partial charge in [-0.15, -0.1) is 0 Å². The Balaban J connectivity index is 1.55. The summed E-state index contributed by atoms with van der Waals surface area (Å²) >= 11 is 3.36. The van der Waals surface area contributed by atoms with E-state index >= 15 is 0 Å². The van der Waals surface area contributed by atoms with Gasteiger partial charge in [-0.05, 0) is 61.5 Å². The molecule has 0 aliphatic heterocycles. The zero-order chi connectivity index (χ0) is 24.3. The van der Waals surface area contributed by atoms with Gasteiger partial charge in [0.2, 0.25) is 0 Å². The molecule has 0 spiro atoms. The third-order valence-corrected chi connectivity index (χ3v) is 4.91. The Morgan fingerprint density at radius 3 is 2.41 bits per heavy atom. The maximum absolute atomic E-state index is 12.4. The Bertz CT molecular complexity index is 1180. The number of halogens is 1. The van der Waals surface area contributed by atoms with Gasteiger partial charge in [0.05, 0.1) is 24.9 Å². The second kappa shape index (κ2) is 12.3. The maximum Gasteiger partial charge on any atom is 0.343 e. The Hall–Kier alpha value is -3.98. The van der Waals surface area contributed by atoms with Gasteiger partial charge in [-0.1, -0.05) is 34.1 Å². The van der Waals surface area contributed by atoms with Gasteiger partial charge in [0.25, 0.3) is 11.8 Å². The lowest BCUT2D eigenvalue weighted by molar-refractivity contribution is -0.120. The minimum Gasteiger partial charge on any atom is -0.494 e. The molecule has 0 radical (unpaired) electrons. The maximum atomic E-state index is 12.4. The van der Waals surface area contributed by atoms with Gasteiger partial charge in [-0.2, -0.15) is 5.10 Å². The van der Waals surface area contributed by atoms with Gasteiger partial charge in [0.15, 0.2) is 0 Å². The largest absolute Gasteiger partial charge is 0.494 e. The van der Waals surface area contributed by atoms with E-state index in [9.17, 15) is 14.4 Å². The number of carbonyl (C=O) groups excluding carboxylic acids is 3. The monoisotopic (exact) mass is 523 g/mol. The van der Waals surface area contributed by atoms with Crippen LogP contribution in [0.5, 0.6) is 11.5 Å². The van der Waals surface area contributed by atoms with E-state index in [0.717, 1.165) is 4.47 Å². The highest BCUT2D eigenvalue weighted by molar-refractivity contribution is 9.10. The number of carbonyl (C=O) groups is 3. The molecule has 0 aromatic heterocycles. The Morgan fingerprint density at radius 2 is 1.71 bits per heavy atom. The number of hydrogen-bond acceptors (Lipinski definition) is 6. The number of hydrazone groups is 1. The van der Waals surface area contributed by atoms with Crippen molar-refractivity contribution < 1.29 is 23.9 Å². The summed E-state index contributed by atoms with van der Waals surface area (Å²) in [7, 11) is 0. The molecule has 9 heteroatoms. The molecule has 2 amide bonds. The summed E-state index contributed by atoms with van der Waals surface area (Å²) in [5, 5.41) is 6.42. The van der Waals surface area contributed by atoms with Crippen LogP contribution >= 0.6 is 15.9 Å². The molecule has 34 heavy (non-hydrogen) atoms. The van der Waals surface area contributed by atoms with Crippen LogP contribution in [0.15, 0.2) is 82.4 Å². The van der Waals surface area contributed by atoms with E-state index in [0.29, 0.717) is 29.0 Å². The van der Waals surface area contributed by atoms with Gasteiger partial charge in [0, 0.05) is 15.6 Å². The molecule has 2 N–H and O–H groups in total. The minimum atomic E-state index is -0.520. The molecule has 3 aromatic carbocycles. The summed E-state index contributed by atoms with van der Waals surface area (Å²) in [5.41, 5.74) is 3.61. The van der Waals surface area contributed by atoms with E-state index in [4.69, 9.17) is 9.47 Å². The molecule has 0 atom stereocenters. The average Bonchev–Trinajstić information content (AvgIpc) is 2.85. The van der Waals surface area contributed by atoms with Crippen molar-refractivity contribution in [3.63, 3.8) is 0 Å². The van der Waals surface area contributed by atoms with Gasteiger partial charge < -0.3 is 14.8 Å². The van der Waals surface area contributed by atoms with Crippen LogP contribution < -0.4 is 20.2 Å². The molecule has 0 fully saturated rings. The van der Waals surface area contributed by atoms with Crippen molar-refractivity contribution in [1.82, 2.24) is 10.7 Å². The molecular weight excluding hydrogens is 502 g/mol. The van der Waals surface area contributed by atoms with E-state index in [1.807, 2.05) is 6.92 Å². The van der Waals surface area contributed by atoms with E-state index < -0.39 is 17.8 Å². The number of rotatable bonds is 9. The summed E-state index contributed by atoms with van der Waals surface area (Å²) < 4.78 is 11.5. The molecule has 174 valence electrons. The smallest absolute Gasteiger partial charge is 0.343 e. The van der Waals surface area contributed by atoms with Gasteiger partial charge in [0.1, 0.15) is 11.5 Å². The topological polar surface area (TPSA) is 106 Å². The van der Waals surface area contributed by atoms with Crippen LogP contribution in [0.4, 0.5) is 0 Å². The normalized spacial score (nSPS) is 10.5. The number of amides is 2. The number of benzene rings is 3. The van der Waals surface area contributed by atoms with Crippen molar-refractivity contribution in [3.05, 3.63) is 94.0 Å². The second-order valence-electron chi connectivity index (χ2n) is 6.87. The minimum absolute atomic E-state index is 0.266. The lowest BCUT2D eigenvalue weighted by Gasteiger charge is -2.08. The second-order valence-corrected chi connectivity index (χ2v) is 7.79. The average molecular weight is 524 g/mol. The van der Waals surface area contributed by atoms with Crippen LogP contribution in [0.1, 0.15) is 33.2 Å². The van der Waals surface area contributed by atoms with E-state index in [-0.39, 0.29) is 12.3 Å². The van der Waals surface area contributed by atoms with Gasteiger partial charge >= 0.3 is 5.97 Å². The number of hydrogen-bond donors (Lipinski definition) is 2. The lowest BCUT2D eigenvalue weighted by atomic mass is 10.2. The summed E-state index contributed by atoms with van der Waals surface area (Å²) in [4.78, 5) is 36.6.